The highest BCUT2D eigenvalue weighted by atomic mass is 16.5. The van der Waals surface area contributed by atoms with Gasteiger partial charge in [-0.3, -0.25) is 4.79 Å². The highest BCUT2D eigenvalue weighted by Gasteiger charge is 2.35. The van der Waals surface area contributed by atoms with Crippen molar-refractivity contribution < 1.29 is 9.53 Å². The minimum atomic E-state index is -0.265. The first-order valence-corrected chi connectivity index (χ1v) is 7.51. The van der Waals surface area contributed by atoms with Gasteiger partial charge in [-0.2, -0.15) is 5.10 Å². The minimum absolute atomic E-state index is 0.0843. The monoisotopic (exact) mass is 287 g/mol. The highest BCUT2D eigenvalue weighted by molar-refractivity contribution is 6.09. The largest absolute Gasteiger partial charge is 0.483 e. The molecule has 0 aromatic heterocycles. The van der Waals surface area contributed by atoms with Gasteiger partial charge in [-0.05, 0) is 37.0 Å². The summed E-state index contributed by atoms with van der Waals surface area (Å²) in [6, 6.07) is 5.98. The molecule has 112 valence electrons. The molecule has 0 bridgehead atoms. The number of ether oxygens (including phenoxy) is 1. The summed E-state index contributed by atoms with van der Waals surface area (Å²) in [6.07, 6.45) is 2.19. The molecule has 2 atom stereocenters. The Morgan fingerprint density at radius 2 is 2.33 bits per heavy atom. The van der Waals surface area contributed by atoms with Crippen molar-refractivity contribution in [1.82, 2.24) is 5.43 Å². The first-order chi connectivity index (χ1) is 10.1. The number of hydrogen-bond acceptors (Lipinski definition) is 4. The lowest BCUT2D eigenvalue weighted by Gasteiger charge is -2.38. The molecule has 1 amide bonds. The van der Waals surface area contributed by atoms with Crippen molar-refractivity contribution in [3.63, 3.8) is 0 Å². The van der Waals surface area contributed by atoms with Crippen LogP contribution in [0.3, 0.4) is 0 Å². The summed E-state index contributed by atoms with van der Waals surface area (Å²) in [5.41, 5.74) is 4.76. The number of benzene rings is 1. The Kier molecular flexibility index (Phi) is 3.57. The van der Waals surface area contributed by atoms with Crippen molar-refractivity contribution >= 4 is 17.4 Å². The van der Waals surface area contributed by atoms with Crippen molar-refractivity contribution in [2.75, 3.05) is 11.5 Å². The molecule has 3 rings (SSSR count). The molecule has 0 spiro atoms. The van der Waals surface area contributed by atoms with Crippen LogP contribution in [-0.2, 0) is 11.2 Å². The molecule has 0 fully saturated rings. The normalized spacial score (nSPS) is 21.7. The van der Waals surface area contributed by atoms with Gasteiger partial charge in [0.25, 0.3) is 5.91 Å². The Balaban J connectivity index is 1.97. The van der Waals surface area contributed by atoms with E-state index in [2.05, 4.69) is 36.5 Å². The van der Waals surface area contributed by atoms with Crippen molar-refractivity contribution in [3.8, 4) is 5.75 Å². The van der Waals surface area contributed by atoms with Crippen molar-refractivity contribution in [2.45, 2.75) is 39.7 Å². The van der Waals surface area contributed by atoms with Crippen LogP contribution in [-0.4, -0.2) is 24.4 Å². The molecule has 0 saturated heterocycles. The SMILES string of the molecule is CCC(C)Cc1ccc2c(c1)N1C(=NNC(=O)C1C)CO2. The third kappa shape index (κ3) is 2.48. The summed E-state index contributed by atoms with van der Waals surface area (Å²) in [4.78, 5) is 13.9. The number of rotatable bonds is 3. The fourth-order valence-corrected chi connectivity index (χ4v) is 2.75. The zero-order valence-electron chi connectivity index (χ0n) is 12.7. The van der Waals surface area contributed by atoms with E-state index in [-0.39, 0.29) is 11.9 Å². The number of nitrogens with one attached hydrogen (secondary N) is 1. The predicted octanol–water partition coefficient (Wildman–Crippen LogP) is 2.31. The van der Waals surface area contributed by atoms with Gasteiger partial charge in [0.05, 0.1) is 5.69 Å². The molecule has 2 aliphatic rings. The molecule has 1 aromatic carbocycles. The number of amidine groups is 1. The minimum Gasteiger partial charge on any atom is -0.483 e. The zero-order chi connectivity index (χ0) is 15.0. The van der Waals surface area contributed by atoms with Gasteiger partial charge in [-0.1, -0.05) is 26.3 Å². The summed E-state index contributed by atoms with van der Waals surface area (Å²) in [7, 11) is 0. The van der Waals surface area contributed by atoms with E-state index in [1.807, 2.05) is 17.9 Å². The summed E-state index contributed by atoms with van der Waals surface area (Å²) < 4.78 is 5.74. The summed E-state index contributed by atoms with van der Waals surface area (Å²) >= 11 is 0. The average molecular weight is 287 g/mol. The van der Waals surface area contributed by atoms with Crippen LogP contribution in [0.4, 0.5) is 5.69 Å². The molecular formula is C16H21N3O2. The molecule has 5 nitrogen and oxygen atoms in total. The van der Waals surface area contributed by atoms with Gasteiger partial charge in [-0.25, -0.2) is 5.43 Å². The molecule has 1 aromatic rings. The maximum absolute atomic E-state index is 11.9. The number of anilines is 1. The second-order valence-corrected chi connectivity index (χ2v) is 5.86. The van der Waals surface area contributed by atoms with Crippen LogP contribution in [0.1, 0.15) is 32.8 Å². The summed E-state index contributed by atoms with van der Waals surface area (Å²) in [5, 5.41) is 4.11. The van der Waals surface area contributed by atoms with E-state index >= 15 is 0 Å². The Bertz CT molecular complexity index is 597. The highest BCUT2D eigenvalue weighted by Crippen LogP contribution is 2.36. The molecule has 0 saturated carbocycles. The lowest BCUT2D eigenvalue weighted by molar-refractivity contribution is -0.122. The Labute approximate surface area is 125 Å². The number of hydrogen-bond donors (Lipinski definition) is 1. The van der Waals surface area contributed by atoms with Crippen LogP contribution in [0.5, 0.6) is 5.75 Å². The third-order valence-electron chi connectivity index (χ3n) is 4.26. The first-order valence-electron chi connectivity index (χ1n) is 7.51. The van der Waals surface area contributed by atoms with Crippen LogP contribution in [0, 0.1) is 5.92 Å². The second kappa shape index (κ2) is 5.39. The zero-order valence-corrected chi connectivity index (χ0v) is 12.7. The van der Waals surface area contributed by atoms with Gasteiger partial charge in [0.15, 0.2) is 5.84 Å². The maximum atomic E-state index is 11.9. The van der Waals surface area contributed by atoms with Gasteiger partial charge in [-0.15, -0.1) is 0 Å². The molecule has 2 unspecified atom stereocenters. The van der Waals surface area contributed by atoms with E-state index in [9.17, 15) is 4.79 Å². The van der Waals surface area contributed by atoms with Gasteiger partial charge < -0.3 is 9.64 Å². The summed E-state index contributed by atoms with van der Waals surface area (Å²) in [5.74, 6) is 2.14. The fraction of sp³-hybridized carbons (Fsp3) is 0.500. The van der Waals surface area contributed by atoms with Crippen LogP contribution < -0.4 is 15.1 Å². The molecule has 2 heterocycles. The molecule has 1 N–H and O–H groups in total. The first kappa shape index (κ1) is 13.9. The topological polar surface area (TPSA) is 53.9 Å². The summed E-state index contributed by atoms with van der Waals surface area (Å²) in [6.45, 7) is 6.73. The van der Waals surface area contributed by atoms with Crippen LogP contribution in [0.2, 0.25) is 0 Å². The van der Waals surface area contributed by atoms with E-state index < -0.39 is 0 Å². The number of amides is 1. The Morgan fingerprint density at radius 3 is 3.10 bits per heavy atom. The quantitative estimate of drug-likeness (QED) is 0.928. The number of fused-ring (bicyclic) bond motifs is 3. The maximum Gasteiger partial charge on any atom is 0.262 e. The molecule has 2 aliphatic heterocycles. The standard InChI is InChI=1S/C16H21N3O2/c1-4-10(2)7-12-5-6-14-13(8-12)19-11(3)16(20)18-17-15(19)9-21-14/h5-6,8,10-11H,4,7,9H2,1-3H3,(H,18,20). The molecule has 0 radical (unpaired) electrons. The van der Waals surface area contributed by atoms with Crippen molar-refractivity contribution in [1.29, 1.82) is 0 Å². The average Bonchev–Trinajstić information content (AvgIpc) is 2.50. The van der Waals surface area contributed by atoms with E-state index in [1.165, 1.54) is 5.56 Å². The fourth-order valence-electron chi connectivity index (χ4n) is 2.75. The van der Waals surface area contributed by atoms with Gasteiger partial charge in [0.2, 0.25) is 0 Å². The van der Waals surface area contributed by atoms with Gasteiger partial charge >= 0.3 is 0 Å². The Hall–Kier alpha value is -2.04. The lowest BCUT2D eigenvalue weighted by Crippen LogP contribution is -2.55. The van der Waals surface area contributed by atoms with E-state index in [1.54, 1.807) is 0 Å². The van der Waals surface area contributed by atoms with Crippen LogP contribution in [0.15, 0.2) is 23.3 Å². The molecule has 0 aliphatic carbocycles. The van der Waals surface area contributed by atoms with Gasteiger partial charge in [0.1, 0.15) is 18.4 Å². The number of nitrogens with zero attached hydrogens (tertiary/aromatic N) is 2. The number of carbonyl (C=O) groups excluding carboxylic acids is 1. The number of carbonyl (C=O) groups is 1. The molecule has 5 heteroatoms. The lowest BCUT2D eigenvalue weighted by atomic mass is 9.97. The smallest absolute Gasteiger partial charge is 0.262 e. The van der Waals surface area contributed by atoms with Crippen LogP contribution in [0.25, 0.3) is 0 Å². The van der Waals surface area contributed by atoms with Crippen molar-refractivity contribution in [2.24, 2.45) is 11.0 Å². The second-order valence-electron chi connectivity index (χ2n) is 5.86. The van der Waals surface area contributed by atoms with Crippen molar-refractivity contribution in [3.05, 3.63) is 23.8 Å². The molecular weight excluding hydrogens is 266 g/mol. The van der Waals surface area contributed by atoms with E-state index in [4.69, 9.17) is 4.74 Å². The van der Waals surface area contributed by atoms with E-state index in [0.717, 1.165) is 30.1 Å². The third-order valence-corrected chi connectivity index (χ3v) is 4.26. The predicted molar refractivity (Wildman–Crippen MR) is 82.6 cm³/mol. The molecule has 21 heavy (non-hydrogen) atoms. The Morgan fingerprint density at radius 1 is 1.52 bits per heavy atom. The van der Waals surface area contributed by atoms with E-state index in [0.29, 0.717) is 12.5 Å². The van der Waals surface area contributed by atoms with Crippen LogP contribution >= 0.6 is 0 Å². The van der Waals surface area contributed by atoms with Gasteiger partial charge in [0, 0.05) is 0 Å². The number of hydrazone groups is 1.